The Morgan fingerprint density at radius 3 is 2.91 bits per heavy atom. The molecule has 0 aliphatic heterocycles. The predicted molar refractivity (Wildman–Crippen MR) is 84.8 cm³/mol. The van der Waals surface area contributed by atoms with E-state index < -0.39 is 23.8 Å². The van der Waals surface area contributed by atoms with Gasteiger partial charge in [-0.25, -0.2) is 4.39 Å². The number of carbonyl (C=O) groups excluding carboxylic acids is 2. The van der Waals surface area contributed by atoms with Crippen molar-refractivity contribution in [1.82, 2.24) is 0 Å². The van der Waals surface area contributed by atoms with Crippen LogP contribution in [-0.2, 0) is 14.3 Å². The number of hydrogen-bond donors (Lipinski definition) is 1. The Morgan fingerprint density at radius 1 is 1.50 bits per heavy atom. The van der Waals surface area contributed by atoms with Gasteiger partial charge >= 0.3 is 5.97 Å². The Hall–Kier alpha value is -1.69. The molecule has 6 heteroatoms. The number of anilines is 1. The van der Waals surface area contributed by atoms with Crippen molar-refractivity contribution >= 4 is 33.5 Å². The third-order valence-corrected chi connectivity index (χ3v) is 3.90. The van der Waals surface area contributed by atoms with Crippen molar-refractivity contribution in [1.29, 1.82) is 0 Å². The zero-order chi connectivity index (χ0) is 16.1. The van der Waals surface area contributed by atoms with Gasteiger partial charge in [0.2, 0.25) is 0 Å². The molecule has 4 nitrogen and oxygen atoms in total. The molecule has 0 spiro atoms. The number of hydrogen-bond acceptors (Lipinski definition) is 3. The van der Waals surface area contributed by atoms with E-state index in [1.807, 2.05) is 12.2 Å². The summed E-state index contributed by atoms with van der Waals surface area (Å²) in [6.07, 6.45) is 5.21. The van der Waals surface area contributed by atoms with Crippen LogP contribution in [0, 0.1) is 11.7 Å². The third kappa shape index (κ3) is 4.66. The number of ether oxygens (including phenoxy) is 1. The standard InChI is InChI=1S/C16H17BrFNO3/c1-10(22-15(20)8-11-4-2-3-5-11)16(21)19-14-7-6-12(17)9-13(14)18/h2,4,6-7,9-11H,3,5,8H2,1H3,(H,19,21)/t10-,11-/m0/s1. The van der Waals surface area contributed by atoms with Crippen LogP contribution in [0.3, 0.4) is 0 Å². The average Bonchev–Trinajstić information content (AvgIpc) is 2.94. The first-order valence-electron chi connectivity index (χ1n) is 7.08. The summed E-state index contributed by atoms with van der Waals surface area (Å²) in [6.45, 7) is 1.47. The lowest BCUT2D eigenvalue weighted by molar-refractivity contribution is -0.153. The highest BCUT2D eigenvalue weighted by atomic mass is 79.9. The maximum absolute atomic E-state index is 13.6. The van der Waals surface area contributed by atoms with Crippen molar-refractivity contribution in [2.45, 2.75) is 32.3 Å². The number of halogens is 2. The van der Waals surface area contributed by atoms with E-state index in [2.05, 4.69) is 21.2 Å². The molecule has 1 aromatic carbocycles. The normalized spacial score (nSPS) is 18.0. The lowest BCUT2D eigenvalue weighted by atomic mass is 10.1. The van der Waals surface area contributed by atoms with Gasteiger partial charge in [0.05, 0.1) is 12.1 Å². The van der Waals surface area contributed by atoms with Crippen molar-refractivity contribution < 1.29 is 18.7 Å². The first-order chi connectivity index (χ1) is 10.5. The molecule has 0 unspecified atom stereocenters. The topological polar surface area (TPSA) is 55.4 Å². The molecule has 0 fully saturated rings. The summed E-state index contributed by atoms with van der Waals surface area (Å²) in [7, 11) is 0. The predicted octanol–water partition coefficient (Wildman–Crippen LogP) is 3.81. The van der Waals surface area contributed by atoms with Crippen LogP contribution in [0.15, 0.2) is 34.8 Å². The lowest BCUT2D eigenvalue weighted by Crippen LogP contribution is -2.30. The van der Waals surface area contributed by atoms with E-state index in [1.54, 1.807) is 6.07 Å². The van der Waals surface area contributed by atoms with Crippen LogP contribution >= 0.6 is 15.9 Å². The monoisotopic (exact) mass is 369 g/mol. The molecule has 118 valence electrons. The van der Waals surface area contributed by atoms with Crippen LogP contribution in [0.25, 0.3) is 0 Å². The average molecular weight is 370 g/mol. The third-order valence-electron chi connectivity index (χ3n) is 3.41. The van der Waals surface area contributed by atoms with E-state index >= 15 is 0 Å². The van der Waals surface area contributed by atoms with Gasteiger partial charge < -0.3 is 10.1 Å². The van der Waals surface area contributed by atoms with Gasteiger partial charge in [0, 0.05) is 4.47 Å². The Balaban J connectivity index is 1.85. The molecule has 1 amide bonds. The van der Waals surface area contributed by atoms with Crippen molar-refractivity contribution in [2.24, 2.45) is 5.92 Å². The van der Waals surface area contributed by atoms with Crippen LogP contribution in [0.5, 0.6) is 0 Å². The Morgan fingerprint density at radius 2 is 2.27 bits per heavy atom. The highest BCUT2D eigenvalue weighted by Gasteiger charge is 2.21. The van der Waals surface area contributed by atoms with Crippen molar-refractivity contribution in [3.05, 3.63) is 40.6 Å². The smallest absolute Gasteiger partial charge is 0.307 e. The largest absolute Gasteiger partial charge is 0.453 e. The van der Waals surface area contributed by atoms with Crippen LogP contribution in [-0.4, -0.2) is 18.0 Å². The summed E-state index contributed by atoms with van der Waals surface area (Å²) in [6, 6.07) is 4.30. The summed E-state index contributed by atoms with van der Waals surface area (Å²) in [5.74, 6) is -1.35. The second-order valence-electron chi connectivity index (χ2n) is 5.22. The van der Waals surface area contributed by atoms with Gasteiger partial charge in [-0.05, 0) is 43.9 Å². The summed E-state index contributed by atoms with van der Waals surface area (Å²) in [5.41, 5.74) is 0.0508. The molecular formula is C16H17BrFNO3. The van der Waals surface area contributed by atoms with Gasteiger partial charge in [-0.3, -0.25) is 9.59 Å². The van der Waals surface area contributed by atoms with Crippen LogP contribution in [0.4, 0.5) is 10.1 Å². The molecule has 0 saturated carbocycles. The highest BCUT2D eigenvalue weighted by Crippen LogP contribution is 2.22. The van der Waals surface area contributed by atoms with E-state index in [0.717, 1.165) is 12.8 Å². The van der Waals surface area contributed by atoms with Gasteiger partial charge in [0.15, 0.2) is 6.10 Å². The van der Waals surface area contributed by atoms with E-state index in [4.69, 9.17) is 4.74 Å². The number of nitrogens with one attached hydrogen (secondary N) is 1. The number of benzene rings is 1. The fourth-order valence-corrected chi connectivity index (χ4v) is 2.54. The van der Waals surface area contributed by atoms with Gasteiger partial charge in [0.1, 0.15) is 5.82 Å². The molecule has 0 aromatic heterocycles. The van der Waals surface area contributed by atoms with Crippen molar-refractivity contribution in [3.63, 3.8) is 0 Å². The number of amides is 1. The second kappa shape index (κ2) is 7.54. The van der Waals surface area contributed by atoms with E-state index in [0.29, 0.717) is 4.47 Å². The molecule has 0 bridgehead atoms. The second-order valence-corrected chi connectivity index (χ2v) is 6.13. The first kappa shape index (κ1) is 16.7. The molecule has 1 N–H and O–H groups in total. The Bertz CT molecular complexity index is 603. The molecule has 0 saturated heterocycles. The number of carbonyl (C=O) groups is 2. The summed E-state index contributed by atoms with van der Waals surface area (Å²) in [5, 5.41) is 2.41. The Labute approximate surface area is 136 Å². The number of esters is 1. The summed E-state index contributed by atoms with van der Waals surface area (Å²) < 4.78 is 19.3. The first-order valence-corrected chi connectivity index (χ1v) is 7.87. The van der Waals surface area contributed by atoms with Gasteiger partial charge in [-0.2, -0.15) is 0 Å². The van der Waals surface area contributed by atoms with E-state index in [9.17, 15) is 14.0 Å². The van der Waals surface area contributed by atoms with Crippen LogP contribution < -0.4 is 5.32 Å². The maximum atomic E-state index is 13.6. The minimum Gasteiger partial charge on any atom is -0.453 e. The zero-order valence-corrected chi connectivity index (χ0v) is 13.7. The molecule has 1 aliphatic carbocycles. The molecule has 0 radical (unpaired) electrons. The molecule has 2 atom stereocenters. The molecule has 22 heavy (non-hydrogen) atoms. The zero-order valence-electron chi connectivity index (χ0n) is 12.1. The van der Waals surface area contributed by atoms with Crippen molar-refractivity contribution in [2.75, 3.05) is 5.32 Å². The minimum atomic E-state index is -0.971. The quantitative estimate of drug-likeness (QED) is 0.634. The van der Waals surface area contributed by atoms with Gasteiger partial charge in [0.25, 0.3) is 5.91 Å². The fraction of sp³-hybridized carbons (Fsp3) is 0.375. The molecule has 2 rings (SSSR count). The van der Waals surface area contributed by atoms with Crippen molar-refractivity contribution in [3.8, 4) is 0 Å². The molecule has 1 aromatic rings. The van der Waals surface area contributed by atoms with Gasteiger partial charge in [-0.1, -0.05) is 28.1 Å². The fourth-order valence-electron chi connectivity index (χ4n) is 2.20. The minimum absolute atomic E-state index is 0.0508. The number of rotatable bonds is 5. The lowest BCUT2D eigenvalue weighted by Gasteiger charge is -2.15. The van der Waals surface area contributed by atoms with E-state index in [-0.39, 0.29) is 18.0 Å². The molecular weight excluding hydrogens is 353 g/mol. The molecule has 0 heterocycles. The summed E-state index contributed by atoms with van der Waals surface area (Å²) >= 11 is 3.14. The summed E-state index contributed by atoms with van der Waals surface area (Å²) in [4.78, 5) is 23.7. The SMILES string of the molecule is C[C@H](OC(=O)C[C@H]1C=CCC1)C(=O)Nc1ccc(Br)cc1F. The van der Waals surface area contributed by atoms with Gasteiger partial charge in [-0.15, -0.1) is 0 Å². The van der Waals surface area contributed by atoms with Crippen LogP contribution in [0.2, 0.25) is 0 Å². The number of allylic oxidation sites excluding steroid dienone is 2. The maximum Gasteiger partial charge on any atom is 0.307 e. The highest BCUT2D eigenvalue weighted by molar-refractivity contribution is 9.10. The van der Waals surface area contributed by atoms with Crippen LogP contribution in [0.1, 0.15) is 26.2 Å². The Kier molecular flexibility index (Phi) is 5.71. The molecule has 1 aliphatic rings. The van der Waals surface area contributed by atoms with E-state index in [1.165, 1.54) is 19.1 Å².